The molecule has 2 rings (SSSR count). The summed E-state index contributed by atoms with van der Waals surface area (Å²) in [7, 11) is 0. The summed E-state index contributed by atoms with van der Waals surface area (Å²) in [5.74, 6) is 0. The fraction of sp³-hybridized carbons (Fsp3) is 0.571. The van der Waals surface area contributed by atoms with E-state index in [0.717, 1.165) is 44.7 Å². The highest BCUT2D eigenvalue weighted by Crippen LogP contribution is 2.29. The van der Waals surface area contributed by atoms with Gasteiger partial charge in [0, 0.05) is 45.4 Å². The van der Waals surface area contributed by atoms with Crippen LogP contribution < -0.4 is 4.90 Å². The second-order valence-electron chi connectivity index (χ2n) is 5.16. The van der Waals surface area contributed by atoms with E-state index >= 15 is 0 Å². The number of hydrogen-bond donors (Lipinski definition) is 1. The Kier molecular flexibility index (Phi) is 4.92. The Morgan fingerprint density at radius 3 is 2.60 bits per heavy atom. The zero-order chi connectivity index (χ0) is 14.5. The van der Waals surface area contributed by atoms with Crippen molar-refractivity contribution in [3.63, 3.8) is 0 Å². The lowest BCUT2D eigenvalue weighted by atomic mass is 10.1. The smallest absolute Gasteiger partial charge is 0.292 e. The van der Waals surface area contributed by atoms with Crippen LogP contribution in [0.1, 0.15) is 12.0 Å². The second kappa shape index (κ2) is 6.67. The number of anilines is 1. The summed E-state index contributed by atoms with van der Waals surface area (Å²) >= 11 is 0. The van der Waals surface area contributed by atoms with Crippen molar-refractivity contribution < 1.29 is 10.0 Å². The SMILES string of the molecule is Cc1ccc(N2CCN(CCCO)CC2)c([N+](=O)[O-])c1. The third-order valence-corrected chi connectivity index (χ3v) is 3.67. The molecule has 110 valence electrons. The fourth-order valence-corrected chi connectivity index (χ4v) is 2.55. The van der Waals surface area contributed by atoms with Crippen LogP contribution >= 0.6 is 0 Å². The summed E-state index contributed by atoms with van der Waals surface area (Å²) in [5.41, 5.74) is 1.80. The molecular weight excluding hydrogens is 258 g/mol. The van der Waals surface area contributed by atoms with E-state index < -0.39 is 0 Å². The van der Waals surface area contributed by atoms with Crippen LogP contribution in [0.25, 0.3) is 0 Å². The second-order valence-corrected chi connectivity index (χ2v) is 5.16. The molecule has 0 bridgehead atoms. The quantitative estimate of drug-likeness (QED) is 0.652. The number of nitro groups is 1. The minimum absolute atomic E-state index is 0.189. The molecule has 0 radical (unpaired) electrons. The van der Waals surface area contributed by atoms with Crippen LogP contribution in [0.4, 0.5) is 11.4 Å². The first kappa shape index (κ1) is 14.7. The van der Waals surface area contributed by atoms with Crippen molar-refractivity contribution in [2.24, 2.45) is 0 Å². The third-order valence-electron chi connectivity index (χ3n) is 3.67. The molecule has 0 saturated carbocycles. The molecule has 1 aliphatic heterocycles. The number of aliphatic hydroxyl groups is 1. The van der Waals surface area contributed by atoms with Crippen molar-refractivity contribution in [2.45, 2.75) is 13.3 Å². The first-order valence-electron chi connectivity index (χ1n) is 6.95. The Balaban J connectivity index is 2.05. The van der Waals surface area contributed by atoms with Crippen LogP contribution in [0, 0.1) is 17.0 Å². The number of hydrogen-bond acceptors (Lipinski definition) is 5. The lowest BCUT2D eigenvalue weighted by Crippen LogP contribution is -2.46. The number of aliphatic hydroxyl groups excluding tert-OH is 1. The maximum absolute atomic E-state index is 11.2. The van der Waals surface area contributed by atoms with E-state index in [-0.39, 0.29) is 17.2 Å². The van der Waals surface area contributed by atoms with Crippen LogP contribution in [0.3, 0.4) is 0 Å². The Bertz CT molecular complexity index is 471. The maximum Gasteiger partial charge on any atom is 0.292 e. The molecule has 1 heterocycles. The highest BCUT2D eigenvalue weighted by atomic mass is 16.6. The van der Waals surface area contributed by atoms with E-state index in [2.05, 4.69) is 9.80 Å². The normalized spacial score (nSPS) is 16.4. The van der Waals surface area contributed by atoms with Crippen molar-refractivity contribution in [1.29, 1.82) is 0 Å². The van der Waals surface area contributed by atoms with Gasteiger partial charge in [-0.25, -0.2) is 0 Å². The van der Waals surface area contributed by atoms with Gasteiger partial charge >= 0.3 is 0 Å². The molecule has 1 aromatic carbocycles. The molecule has 1 saturated heterocycles. The number of nitrogens with zero attached hydrogens (tertiary/aromatic N) is 3. The van der Waals surface area contributed by atoms with Gasteiger partial charge in [0.05, 0.1) is 4.92 Å². The molecule has 20 heavy (non-hydrogen) atoms. The lowest BCUT2D eigenvalue weighted by Gasteiger charge is -2.35. The molecule has 1 N–H and O–H groups in total. The molecular formula is C14H21N3O3. The Morgan fingerprint density at radius 2 is 2.00 bits per heavy atom. The highest BCUT2D eigenvalue weighted by Gasteiger charge is 2.23. The van der Waals surface area contributed by atoms with Crippen molar-refractivity contribution >= 4 is 11.4 Å². The molecule has 1 aromatic rings. The standard InChI is InChI=1S/C14H21N3O3/c1-12-3-4-13(14(11-12)17(19)20)16-8-6-15(7-9-16)5-2-10-18/h3-4,11,18H,2,5-10H2,1H3. The van der Waals surface area contributed by atoms with Gasteiger partial charge in [0.1, 0.15) is 5.69 Å². The highest BCUT2D eigenvalue weighted by molar-refractivity contribution is 5.64. The molecule has 0 atom stereocenters. The van der Waals surface area contributed by atoms with Gasteiger partial charge in [0.15, 0.2) is 0 Å². The van der Waals surface area contributed by atoms with Crippen molar-refractivity contribution in [3.8, 4) is 0 Å². The third kappa shape index (κ3) is 3.46. The summed E-state index contributed by atoms with van der Waals surface area (Å²) in [4.78, 5) is 15.2. The van der Waals surface area contributed by atoms with Gasteiger partial charge in [0.25, 0.3) is 5.69 Å². The van der Waals surface area contributed by atoms with E-state index in [9.17, 15) is 10.1 Å². The summed E-state index contributed by atoms with van der Waals surface area (Å²) in [6.07, 6.45) is 0.782. The number of piperazine rings is 1. The molecule has 0 unspecified atom stereocenters. The zero-order valence-corrected chi connectivity index (χ0v) is 11.8. The minimum atomic E-state index is -0.305. The number of benzene rings is 1. The largest absolute Gasteiger partial charge is 0.396 e. The first-order valence-corrected chi connectivity index (χ1v) is 6.95. The minimum Gasteiger partial charge on any atom is -0.396 e. The van der Waals surface area contributed by atoms with Gasteiger partial charge in [-0.05, 0) is 25.0 Å². The van der Waals surface area contributed by atoms with E-state index in [4.69, 9.17) is 5.11 Å². The van der Waals surface area contributed by atoms with Gasteiger partial charge in [-0.2, -0.15) is 0 Å². The fourth-order valence-electron chi connectivity index (χ4n) is 2.55. The first-order chi connectivity index (χ1) is 9.61. The van der Waals surface area contributed by atoms with E-state index in [1.807, 2.05) is 19.1 Å². The van der Waals surface area contributed by atoms with Crippen LogP contribution in [0.15, 0.2) is 18.2 Å². The Morgan fingerprint density at radius 1 is 1.30 bits per heavy atom. The predicted octanol–water partition coefficient (Wildman–Crippen LogP) is 1.41. The Labute approximate surface area is 118 Å². The van der Waals surface area contributed by atoms with Gasteiger partial charge in [-0.15, -0.1) is 0 Å². The number of aryl methyl sites for hydroxylation is 1. The summed E-state index contributed by atoms with van der Waals surface area (Å²) in [6, 6.07) is 5.39. The van der Waals surface area contributed by atoms with Gasteiger partial charge in [-0.3, -0.25) is 15.0 Å². The van der Waals surface area contributed by atoms with Crippen LogP contribution in [0.2, 0.25) is 0 Å². The monoisotopic (exact) mass is 279 g/mol. The molecule has 1 aliphatic rings. The molecule has 6 nitrogen and oxygen atoms in total. The molecule has 0 aromatic heterocycles. The molecule has 0 spiro atoms. The molecule has 6 heteroatoms. The van der Waals surface area contributed by atoms with Crippen molar-refractivity contribution in [3.05, 3.63) is 33.9 Å². The lowest BCUT2D eigenvalue weighted by molar-refractivity contribution is -0.384. The average Bonchev–Trinajstić information content (AvgIpc) is 2.45. The molecule has 0 aliphatic carbocycles. The van der Waals surface area contributed by atoms with Crippen LogP contribution in [-0.2, 0) is 0 Å². The van der Waals surface area contributed by atoms with Gasteiger partial charge < -0.3 is 10.0 Å². The Hall–Kier alpha value is -1.66. The van der Waals surface area contributed by atoms with E-state index in [1.165, 1.54) is 0 Å². The van der Waals surface area contributed by atoms with E-state index in [1.54, 1.807) is 6.07 Å². The summed E-state index contributed by atoms with van der Waals surface area (Å²) in [5, 5.41) is 20.0. The summed E-state index contributed by atoms with van der Waals surface area (Å²) < 4.78 is 0. The summed E-state index contributed by atoms with van der Waals surface area (Å²) in [6.45, 7) is 6.30. The van der Waals surface area contributed by atoms with Gasteiger partial charge in [0.2, 0.25) is 0 Å². The number of rotatable bonds is 5. The van der Waals surface area contributed by atoms with Crippen LogP contribution in [-0.4, -0.2) is 54.3 Å². The molecule has 0 amide bonds. The van der Waals surface area contributed by atoms with Crippen molar-refractivity contribution in [1.82, 2.24) is 4.90 Å². The zero-order valence-electron chi connectivity index (χ0n) is 11.8. The maximum atomic E-state index is 11.2. The number of nitro benzene ring substituents is 1. The van der Waals surface area contributed by atoms with Crippen LogP contribution in [0.5, 0.6) is 0 Å². The van der Waals surface area contributed by atoms with E-state index in [0.29, 0.717) is 5.69 Å². The predicted molar refractivity (Wildman–Crippen MR) is 78.2 cm³/mol. The van der Waals surface area contributed by atoms with Crippen molar-refractivity contribution in [2.75, 3.05) is 44.2 Å². The average molecular weight is 279 g/mol. The molecule has 1 fully saturated rings. The van der Waals surface area contributed by atoms with Gasteiger partial charge in [-0.1, -0.05) is 6.07 Å². The topological polar surface area (TPSA) is 69.8 Å².